The molecule has 3 amide bonds. The van der Waals surface area contributed by atoms with E-state index < -0.39 is 11.9 Å². The minimum atomic E-state index is -0.549. The lowest BCUT2D eigenvalue weighted by Gasteiger charge is -2.22. The van der Waals surface area contributed by atoms with Crippen LogP contribution in [0.2, 0.25) is 10.0 Å². The second-order valence-corrected chi connectivity index (χ2v) is 6.21. The molecule has 1 atom stereocenters. The second-order valence-electron chi connectivity index (χ2n) is 5.37. The fourth-order valence-corrected chi connectivity index (χ4v) is 3.37. The molecule has 0 saturated heterocycles. The van der Waals surface area contributed by atoms with Crippen molar-refractivity contribution in [3.05, 3.63) is 57.0 Å². The number of fused-ring (bicyclic) bond motifs is 1. The minimum absolute atomic E-state index is 0.0136. The molecule has 0 spiro atoms. The summed E-state index contributed by atoms with van der Waals surface area (Å²) in [6, 6.07) is 2.68. The molecular formula is C15H14Cl2N4O2. The Hall–Kier alpha value is -2.18. The van der Waals surface area contributed by atoms with Gasteiger partial charge in [0.25, 0.3) is 5.91 Å². The van der Waals surface area contributed by atoms with Crippen LogP contribution >= 0.6 is 23.2 Å². The smallest absolute Gasteiger partial charge is 0.323 e. The molecule has 0 radical (unpaired) electrons. The zero-order valence-corrected chi connectivity index (χ0v) is 13.5. The number of carbonyl (C=O) groups excluding carboxylic acids is 2. The first-order chi connectivity index (χ1) is 10.9. The highest BCUT2D eigenvalue weighted by molar-refractivity contribution is 6.35. The van der Waals surface area contributed by atoms with Gasteiger partial charge in [0.2, 0.25) is 0 Å². The summed E-state index contributed by atoms with van der Waals surface area (Å²) < 4.78 is 0. The van der Waals surface area contributed by atoms with Gasteiger partial charge in [-0.15, -0.1) is 0 Å². The van der Waals surface area contributed by atoms with Crippen molar-refractivity contribution in [1.29, 1.82) is 0 Å². The highest BCUT2D eigenvalue weighted by Crippen LogP contribution is 2.38. The molecular weight excluding hydrogens is 339 g/mol. The third-order valence-corrected chi connectivity index (χ3v) is 4.44. The van der Waals surface area contributed by atoms with Gasteiger partial charge in [0.05, 0.1) is 17.4 Å². The number of nitrogens with two attached hydrogens (primary N) is 1. The Morgan fingerprint density at radius 2 is 2.09 bits per heavy atom. The number of hydrogen-bond acceptors (Lipinski definition) is 3. The number of urea groups is 1. The first-order valence-electron chi connectivity index (χ1n) is 6.92. The number of rotatable bonds is 2. The Morgan fingerprint density at radius 3 is 2.83 bits per heavy atom. The summed E-state index contributed by atoms with van der Waals surface area (Å²) in [6.07, 6.45) is 1.44. The molecule has 0 fully saturated rings. The van der Waals surface area contributed by atoms with Crippen LogP contribution in [0.4, 0.5) is 4.79 Å². The van der Waals surface area contributed by atoms with Crippen molar-refractivity contribution in [1.82, 2.24) is 16.0 Å². The molecule has 0 aromatic heterocycles. The van der Waals surface area contributed by atoms with Crippen molar-refractivity contribution in [3.63, 3.8) is 0 Å². The van der Waals surface area contributed by atoms with E-state index in [1.165, 1.54) is 0 Å². The highest BCUT2D eigenvalue weighted by Gasteiger charge is 2.30. The Kier molecular flexibility index (Phi) is 3.95. The number of nitrogens with one attached hydrogen (secondary N) is 3. The lowest BCUT2D eigenvalue weighted by molar-refractivity contribution is -0.118. The third kappa shape index (κ3) is 2.87. The summed E-state index contributed by atoms with van der Waals surface area (Å²) in [4.78, 5) is 23.9. The summed E-state index contributed by atoms with van der Waals surface area (Å²) >= 11 is 12.2. The molecule has 0 saturated carbocycles. The Morgan fingerprint density at radius 1 is 1.35 bits per heavy atom. The predicted octanol–water partition coefficient (Wildman–Crippen LogP) is 2.09. The average Bonchev–Trinajstić information content (AvgIpc) is 2.86. The molecule has 2 aliphatic rings. The van der Waals surface area contributed by atoms with Crippen LogP contribution in [-0.2, 0) is 11.2 Å². The van der Waals surface area contributed by atoms with Crippen molar-refractivity contribution in [2.24, 2.45) is 5.73 Å². The fourth-order valence-electron chi connectivity index (χ4n) is 2.77. The molecule has 5 N–H and O–H groups in total. The first-order valence-corrected chi connectivity index (χ1v) is 7.68. The Labute approximate surface area is 142 Å². The molecule has 8 heteroatoms. The van der Waals surface area contributed by atoms with Crippen LogP contribution in [-0.4, -0.2) is 11.9 Å². The second kappa shape index (κ2) is 5.79. The van der Waals surface area contributed by atoms with Crippen LogP contribution < -0.4 is 21.7 Å². The number of halogens is 2. The van der Waals surface area contributed by atoms with Gasteiger partial charge in [-0.2, -0.15) is 0 Å². The highest BCUT2D eigenvalue weighted by atomic mass is 35.5. The van der Waals surface area contributed by atoms with Crippen LogP contribution in [0.25, 0.3) is 0 Å². The molecule has 23 heavy (non-hydrogen) atoms. The zero-order chi connectivity index (χ0) is 16.7. The predicted molar refractivity (Wildman–Crippen MR) is 87.7 cm³/mol. The molecule has 1 aliphatic carbocycles. The number of benzene rings is 1. The van der Waals surface area contributed by atoms with Crippen LogP contribution in [0.5, 0.6) is 0 Å². The van der Waals surface area contributed by atoms with Gasteiger partial charge < -0.3 is 21.7 Å². The molecule has 1 heterocycles. The number of amides is 3. The summed E-state index contributed by atoms with van der Waals surface area (Å²) in [6.45, 7) is 3.60. The van der Waals surface area contributed by atoms with Crippen LogP contribution in [0.3, 0.4) is 0 Å². The van der Waals surface area contributed by atoms with E-state index in [2.05, 4.69) is 22.5 Å². The summed E-state index contributed by atoms with van der Waals surface area (Å²) in [7, 11) is 0. The molecule has 0 bridgehead atoms. The lowest BCUT2D eigenvalue weighted by Crippen LogP contribution is -2.47. The van der Waals surface area contributed by atoms with Gasteiger partial charge in [-0.3, -0.25) is 4.79 Å². The molecule has 3 rings (SSSR count). The first kappa shape index (κ1) is 15.7. The minimum Gasteiger partial charge on any atom is -0.395 e. The van der Waals surface area contributed by atoms with Crippen molar-refractivity contribution >= 4 is 35.1 Å². The van der Waals surface area contributed by atoms with Gasteiger partial charge in [0, 0.05) is 10.0 Å². The Bertz CT molecular complexity index is 773. The van der Waals surface area contributed by atoms with E-state index in [0.717, 1.165) is 17.5 Å². The van der Waals surface area contributed by atoms with E-state index in [9.17, 15) is 9.59 Å². The number of hydrogen-bond donors (Lipinski definition) is 4. The summed E-state index contributed by atoms with van der Waals surface area (Å²) in [5, 5.41) is 8.75. The molecule has 1 aromatic carbocycles. The lowest BCUT2D eigenvalue weighted by atomic mass is 10.1. The van der Waals surface area contributed by atoms with E-state index >= 15 is 0 Å². The summed E-state index contributed by atoms with van der Waals surface area (Å²) in [5.41, 5.74) is 7.94. The quantitative estimate of drug-likeness (QED) is 0.656. The Balaban J connectivity index is 1.85. The standard InChI is InChI=1S/C15H14Cl2N4O2/c1-6-12(18)13(21-15(23)19-6)14(22)20-11-3-2-8-9(11)4-7(16)5-10(8)17/h4-5,11H,1-3,18H2,(H,20,22)(H2,19,21,23)/t11-/m1/s1. The third-order valence-electron chi connectivity index (χ3n) is 3.88. The SMILES string of the molecule is C=C1NC(=O)NC(C(=O)N[C@@H]2CCc3c(Cl)cc(Cl)cc32)=C1N. The van der Waals surface area contributed by atoms with E-state index in [1.54, 1.807) is 12.1 Å². The normalized spacial score (nSPS) is 20.0. The van der Waals surface area contributed by atoms with Gasteiger partial charge in [-0.25, -0.2) is 4.79 Å². The van der Waals surface area contributed by atoms with Gasteiger partial charge in [-0.1, -0.05) is 29.8 Å². The molecule has 120 valence electrons. The number of carbonyl (C=O) groups is 2. The van der Waals surface area contributed by atoms with Gasteiger partial charge in [0.1, 0.15) is 5.70 Å². The maximum absolute atomic E-state index is 12.4. The zero-order valence-electron chi connectivity index (χ0n) is 12.0. The summed E-state index contributed by atoms with van der Waals surface area (Å²) in [5.74, 6) is -0.479. The van der Waals surface area contributed by atoms with Gasteiger partial charge in [0.15, 0.2) is 0 Å². The van der Waals surface area contributed by atoms with Crippen LogP contribution in [0.1, 0.15) is 23.6 Å². The van der Waals surface area contributed by atoms with E-state index in [0.29, 0.717) is 16.5 Å². The van der Waals surface area contributed by atoms with E-state index in [4.69, 9.17) is 28.9 Å². The van der Waals surface area contributed by atoms with Crippen LogP contribution in [0.15, 0.2) is 35.8 Å². The largest absolute Gasteiger partial charge is 0.395 e. The van der Waals surface area contributed by atoms with Crippen molar-refractivity contribution in [3.8, 4) is 0 Å². The van der Waals surface area contributed by atoms with Crippen molar-refractivity contribution < 1.29 is 9.59 Å². The van der Waals surface area contributed by atoms with E-state index in [1.807, 2.05) is 0 Å². The molecule has 1 aromatic rings. The van der Waals surface area contributed by atoms with Crippen molar-refractivity contribution in [2.75, 3.05) is 0 Å². The maximum atomic E-state index is 12.4. The van der Waals surface area contributed by atoms with Gasteiger partial charge >= 0.3 is 6.03 Å². The van der Waals surface area contributed by atoms with Gasteiger partial charge in [-0.05, 0) is 36.1 Å². The fraction of sp³-hybridized carbons (Fsp3) is 0.200. The monoisotopic (exact) mass is 352 g/mol. The van der Waals surface area contributed by atoms with Crippen LogP contribution in [0, 0.1) is 0 Å². The molecule has 6 nitrogen and oxygen atoms in total. The van der Waals surface area contributed by atoms with E-state index in [-0.39, 0.29) is 23.1 Å². The van der Waals surface area contributed by atoms with Crippen molar-refractivity contribution in [2.45, 2.75) is 18.9 Å². The topological polar surface area (TPSA) is 96.2 Å². The molecule has 1 aliphatic heterocycles. The maximum Gasteiger partial charge on any atom is 0.323 e. The molecule has 0 unspecified atom stereocenters. The average molecular weight is 353 g/mol.